The van der Waals surface area contributed by atoms with Gasteiger partial charge in [-0.25, -0.2) is 9.97 Å². The molecule has 2 nitrogen and oxygen atoms in total. The van der Waals surface area contributed by atoms with Gasteiger partial charge >= 0.3 is 0 Å². The Balaban J connectivity index is 1.79. The largest absolute Gasteiger partial charge is 0.240 e. The maximum atomic E-state index is 5.69. The van der Waals surface area contributed by atoms with Crippen LogP contribution in [0.1, 0.15) is 43.5 Å². The third kappa shape index (κ3) is 3.63. The van der Waals surface area contributed by atoms with Crippen molar-refractivity contribution in [1.29, 1.82) is 0 Å². The Morgan fingerprint density at radius 3 is 2.50 bits per heavy atom. The van der Waals surface area contributed by atoms with Crippen LogP contribution in [0.15, 0.2) is 12.4 Å². The number of rotatable bonds is 4. The van der Waals surface area contributed by atoms with E-state index in [1.807, 2.05) is 24.2 Å². The molecule has 0 aliphatic heterocycles. The molecule has 0 atom stereocenters. The van der Waals surface area contributed by atoms with Crippen molar-refractivity contribution in [2.45, 2.75) is 49.0 Å². The first-order valence-corrected chi connectivity index (χ1v) is 7.44. The zero-order chi connectivity index (χ0) is 11.2. The molecule has 1 aromatic rings. The van der Waals surface area contributed by atoms with Gasteiger partial charge in [0.25, 0.3) is 0 Å². The van der Waals surface area contributed by atoms with Crippen LogP contribution in [-0.4, -0.2) is 15.2 Å². The van der Waals surface area contributed by atoms with E-state index in [0.29, 0.717) is 5.88 Å². The molecule has 0 N–H and O–H groups in total. The summed E-state index contributed by atoms with van der Waals surface area (Å²) in [6.07, 6.45) is 10.6. The highest BCUT2D eigenvalue weighted by Crippen LogP contribution is 2.29. The van der Waals surface area contributed by atoms with Gasteiger partial charge in [-0.15, -0.1) is 11.6 Å². The quantitative estimate of drug-likeness (QED) is 0.767. The summed E-state index contributed by atoms with van der Waals surface area (Å²) in [6.45, 7) is 0. The summed E-state index contributed by atoms with van der Waals surface area (Å²) in [7, 11) is 0. The van der Waals surface area contributed by atoms with Gasteiger partial charge in [-0.1, -0.05) is 19.3 Å². The molecule has 0 radical (unpaired) electrons. The first kappa shape index (κ1) is 12.2. The first-order chi connectivity index (χ1) is 7.88. The minimum Gasteiger partial charge on any atom is -0.240 e. The normalized spacial score (nSPS) is 17.6. The lowest BCUT2D eigenvalue weighted by molar-refractivity contribution is 0.516. The molecule has 2 rings (SSSR count). The van der Waals surface area contributed by atoms with E-state index in [4.69, 9.17) is 11.6 Å². The average molecular weight is 257 g/mol. The smallest absolute Gasteiger partial charge is 0.138 e. The minimum atomic E-state index is 0.496. The molecule has 1 heterocycles. The van der Waals surface area contributed by atoms with E-state index in [2.05, 4.69) is 9.97 Å². The van der Waals surface area contributed by atoms with Crippen molar-refractivity contribution >= 4 is 23.4 Å². The van der Waals surface area contributed by atoms with Crippen molar-refractivity contribution in [3.8, 4) is 0 Å². The number of halogens is 1. The van der Waals surface area contributed by atoms with Crippen molar-refractivity contribution in [2.24, 2.45) is 0 Å². The van der Waals surface area contributed by atoms with Crippen molar-refractivity contribution in [3.63, 3.8) is 0 Å². The fourth-order valence-electron chi connectivity index (χ4n) is 1.95. The summed E-state index contributed by atoms with van der Waals surface area (Å²) >= 11 is 7.70. The maximum Gasteiger partial charge on any atom is 0.138 e. The molecule has 0 amide bonds. The van der Waals surface area contributed by atoms with Gasteiger partial charge in [0.2, 0.25) is 0 Å². The molecule has 1 saturated carbocycles. The van der Waals surface area contributed by atoms with Gasteiger partial charge < -0.3 is 0 Å². The lowest BCUT2D eigenvalue weighted by Crippen LogP contribution is -2.08. The molecule has 1 aromatic heterocycles. The predicted molar refractivity (Wildman–Crippen MR) is 69.8 cm³/mol. The van der Waals surface area contributed by atoms with Gasteiger partial charge in [0.15, 0.2) is 0 Å². The van der Waals surface area contributed by atoms with Gasteiger partial charge in [0.05, 0.1) is 11.6 Å². The van der Waals surface area contributed by atoms with Gasteiger partial charge in [-0.3, -0.25) is 0 Å². The molecule has 16 heavy (non-hydrogen) atoms. The molecule has 1 aliphatic carbocycles. The van der Waals surface area contributed by atoms with E-state index in [0.717, 1.165) is 22.4 Å². The molecule has 4 heteroatoms. The van der Waals surface area contributed by atoms with Crippen molar-refractivity contribution in [2.75, 3.05) is 0 Å². The molecular formula is C12H17ClN2S. The van der Waals surface area contributed by atoms with Gasteiger partial charge in [0, 0.05) is 23.2 Å². The van der Waals surface area contributed by atoms with Gasteiger partial charge in [0.1, 0.15) is 5.82 Å². The minimum absolute atomic E-state index is 0.496. The van der Waals surface area contributed by atoms with Crippen LogP contribution in [0.25, 0.3) is 0 Å². The van der Waals surface area contributed by atoms with E-state index < -0.39 is 0 Å². The number of hydrogen-bond donors (Lipinski definition) is 0. The summed E-state index contributed by atoms with van der Waals surface area (Å²) < 4.78 is 0. The number of aromatic nitrogens is 2. The fraction of sp³-hybridized carbons (Fsp3) is 0.667. The zero-order valence-corrected chi connectivity index (χ0v) is 10.9. The van der Waals surface area contributed by atoms with E-state index in [-0.39, 0.29) is 0 Å². The lowest BCUT2D eigenvalue weighted by atomic mass is 10.0. The van der Waals surface area contributed by atoms with Crippen LogP contribution in [0, 0.1) is 0 Å². The molecule has 0 bridgehead atoms. The van der Waals surface area contributed by atoms with E-state index in [1.54, 1.807) is 0 Å². The second-order valence-corrected chi connectivity index (χ2v) is 5.77. The Kier molecular flexibility index (Phi) is 4.91. The number of hydrogen-bond acceptors (Lipinski definition) is 3. The SMILES string of the molecule is ClCc1cnc(CSC2CCCCC2)nc1. The maximum absolute atomic E-state index is 5.69. The highest BCUT2D eigenvalue weighted by Gasteiger charge is 2.14. The monoisotopic (exact) mass is 256 g/mol. The molecule has 0 saturated heterocycles. The Morgan fingerprint density at radius 1 is 1.19 bits per heavy atom. The molecule has 1 fully saturated rings. The van der Waals surface area contributed by atoms with Crippen LogP contribution < -0.4 is 0 Å². The first-order valence-electron chi connectivity index (χ1n) is 5.86. The summed E-state index contributed by atoms with van der Waals surface area (Å²) in [5.74, 6) is 2.37. The average Bonchev–Trinajstić information content (AvgIpc) is 2.38. The van der Waals surface area contributed by atoms with Crippen LogP contribution in [0.5, 0.6) is 0 Å². The van der Waals surface area contributed by atoms with Crippen LogP contribution in [0.3, 0.4) is 0 Å². The standard InChI is InChI=1S/C12H17ClN2S/c13-6-10-7-14-12(15-8-10)9-16-11-4-2-1-3-5-11/h7-8,11H,1-6,9H2. The summed E-state index contributed by atoms with van der Waals surface area (Å²) in [6, 6.07) is 0. The highest BCUT2D eigenvalue weighted by molar-refractivity contribution is 7.99. The summed E-state index contributed by atoms with van der Waals surface area (Å²) in [5, 5.41) is 0.824. The third-order valence-electron chi connectivity index (χ3n) is 2.91. The highest BCUT2D eigenvalue weighted by atomic mass is 35.5. The van der Waals surface area contributed by atoms with E-state index in [9.17, 15) is 0 Å². The fourth-order valence-corrected chi connectivity index (χ4v) is 3.29. The van der Waals surface area contributed by atoms with Crippen LogP contribution in [0.2, 0.25) is 0 Å². The summed E-state index contributed by atoms with van der Waals surface area (Å²) in [5.41, 5.74) is 0.994. The number of alkyl halides is 1. The van der Waals surface area contributed by atoms with Crippen LogP contribution >= 0.6 is 23.4 Å². The Bertz CT molecular complexity index is 309. The van der Waals surface area contributed by atoms with Gasteiger partial charge in [-0.2, -0.15) is 11.8 Å². The van der Waals surface area contributed by atoms with Crippen molar-refractivity contribution < 1.29 is 0 Å². The van der Waals surface area contributed by atoms with Crippen LogP contribution in [-0.2, 0) is 11.6 Å². The van der Waals surface area contributed by atoms with Crippen molar-refractivity contribution in [3.05, 3.63) is 23.8 Å². The Hall–Kier alpha value is -0.280. The number of nitrogens with zero attached hydrogens (tertiary/aromatic N) is 2. The zero-order valence-electron chi connectivity index (χ0n) is 9.36. The van der Waals surface area contributed by atoms with E-state index >= 15 is 0 Å². The van der Waals surface area contributed by atoms with E-state index in [1.165, 1.54) is 32.1 Å². The Labute approximate surface area is 106 Å². The van der Waals surface area contributed by atoms with Crippen LogP contribution in [0.4, 0.5) is 0 Å². The Morgan fingerprint density at radius 2 is 1.88 bits per heavy atom. The molecule has 88 valence electrons. The molecule has 0 unspecified atom stereocenters. The van der Waals surface area contributed by atoms with Crippen molar-refractivity contribution in [1.82, 2.24) is 9.97 Å². The topological polar surface area (TPSA) is 25.8 Å². The second kappa shape index (κ2) is 6.45. The van der Waals surface area contributed by atoms with Gasteiger partial charge in [-0.05, 0) is 12.8 Å². The number of thioether (sulfide) groups is 1. The predicted octanol–water partition coefficient (Wildman–Crippen LogP) is 3.78. The molecule has 0 aromatic carbocycles. The molecular weight excluding hydrogens is 240 g/mol. The summed E-state index contributed by atoms with van der Waals surface area (Å²) in [4.78, 5) is 8.64. The lowest BCUT2D eigenvalue weighted by Gasteiger charge is -2.20. The molecule has 0 spiro atoms. The molecule has 1 aliphatic rings. The third-order valence-corrected chi connectivity index (χ3v) is 4.59. The second-order valence-electron chi connectivity index (χ2n) is 4.21.